The van der Waals surface area contributed by atoms with E-state index in [0.29, 0.717) is 29.0 Å². The van der Waals surface area contributed by atoms with Crippen molar-refractivity contribution >= 4 is 11.7 Å². The lowest BCUT2D eigenvalue weighted by molar-refractivity contribution is 0.0510. The molecule has 1 aliphatic carbocycles. The van der Waals surface area contributed by atoms with Crippen molar-refractivity contribution in [2.45, 2.75) is 52.6 Å². The average Bonchev–Trinajstić information content (AvgIpc) is 2.43. The van der Waals surface area contributed by atoms with Crippen LogP contribution in [0.15, 0.2) is 18.2 Å². The summed E-state index contributed by atoms with van der Waals surface area (Å²) in [7, 11) is 0. The molecule has 2 rings (SSSR count). The zero-order chi connectivity index (χ0) is 15.5. The molecule has 116 valence electrons. The highest BCUT2D eigenvalue weighted by molar-refractivity contribution is 5.94. The minimum absolute atomic E-state index is 0.121. The highest BCUT2D eigenvalue weighted by Gasteiger charge is 2.29. The second-order valence-electron chi connectivity index (χ2n) is 6.43. The second-order valence-corrected chi connectivity index (χ2v) is 6.43. The molecule has 0 aromatic heterocycles. The molecule has 0 aliphatic heterocycles. The van der Waals surface area contributed by atoms with Gasteiger partial charge in [-0.3, -0.25) is 0 Å². The largest absolute Gasteiger partial charge is 0.487 e. The smallest absolute Gasteiger partial charge is 0.341 e. The summed E-state index contributed by atoms with van der Waals surface area (Å²) in [5, 5.41) is 0. The Hall–Kier alpha value is -1.71. The number of anilines is 1. The Morgan fingerprint density at radius 2 is 2.00 bits per heavy atom. The molecule has 0 spiro atoms. The zero-order valence-corrected chi connectivity index (χ0v) is 13.1. The molecule has 1 saturated carbocycles. The Balaban J connectivity index is 2.14. The van der Waals surface area contributed by atoms with Gasteiger partial charge in [0, 0.05) is 0 Å². The van der Waals surface area contributed by atoms with Crippen LogP contribution in [0.3, 0.4) is 0 Å². The average molecular weight is 291 g/mol. The molecule has 0 atom stereocenters. The maximum atomic E-state index is 12.0. The van der Waals surface area contributed by atoms with E-state index in [9.17, 15) is 4.79 Å². The first-order valence-electron chi connectivity index (χ1n) is 7.65. The molecule has 0 bridgehead atoms. The predicted octanol–water partition coefficient (Wildman–Crippen LogP) is 3.79. The third-order valence-electron chi connectivity index (χ3n) is 4.11. The van der Waals surface area contributed by atoms with Gasteiger partial charge in [-0.25, -0.2) is 4.79 Å². The van der Waals surface area contributed by atoms with Gasteiger partial charge in [0.15, 0.2) is 5.75 Å². The number of rotatable bonds is 4. The van der Waals surface area contributed by atoms with E-state index >= 15 is 0 Å². The van der Waals surface area contributed by atoms with E-state index in [0.717, 1.165) is 25.7 Å². The van der Waals surface area contributed by atoms with Gasteiger partial charge in [-0.1, -0.05) is 19.9 Å². The third-order valence-corrected chi connectivity index (χ3v) is 4.11. The van der Waals surface area contributed by atoms with Crippen molar-refractivity contribution in [3.8, 4) is 5.75 Å². The van der Waals surface area contributed by atoms with E-state index in [-0.39, 0.29) is 12.1 Å². The summed E-state index contributed by atoms with van der Waals surface area (Å²) < 4.78 is 11.1. The number of para-hydroxylation sites is 1. The van der Waals surface area contributed by atoms with Crippen molar-refractivity contribution in [2.75, 3.05) is 12.3 Å². The first-order valence-corrected chi connectivity index (χ1v) is 7.65. The lowest BCUT2D eigenvalue weighted by Gasteiger charge is -2.34. The number of hydrogen-bond acceptors (Lipinski definition) is 4. The summed E-state index contributed by atoms with van der Waals surface area (Å²) in [6.07, 6.45) is 4.35. The number of esters is 1. The molecule has 0 radical (unpaired) electrons. The summed E-state index contributed by atoms with van der Waals surface area (Å²) in [4.78, 5) is 12.0. The molecule has 0 amide bonds. The summed E-state index contributed by atoms with van der Waals surface area (Å²) in [6, 6.07) is 5.21. The summed E-state index contributed by atoms with van der Waals surface area (Å²) in [5.41, 5.74) is 7.28. The molecule has 2 N–H and O–H groups in total. The number of carbonyl (C=O) groups is 1. The molecule has 1 aromatic carbocycles. The predicted molar refractivity (Wildman–Crippen MR) is 83.5 cm³/mol. The highest BCUT2D eigenvalue weighted by atomic mass is 16.5. The third kappa shape index (κ3) is 3.90. The highest BCUT2D eigenvalue weighted by Crippen LogP contribution is 2.38. The van der Waals surface area contributed by atoms with E-state index in [4.69, 9.17) is 15.2 Å². The van der Waals surface area contributed by atoms with Crippen LogP contribution < -0.4 is 10.5 Å². The fourth-order valence-corrected chi connectivity index (χ4v) is 2.71. The van der Waals surface area contributed by atoms with Crippen LogP contribution in [0.4, 0.5) is 5.69 Å². The van der Waals surface area contributed by atoms with Crippen LogP contribution in [-0.2, 0) is 4.74 Å². The normalized spacial score (nSPS) is 18.2. The number of ether oxygens (including phenoxy) is 2. The molecule has 21 heavy (non-hydrogen) atoms. The van der Waals surface area contributed by atoms with E-state index in [2.05, 4.69) is 13.8 Å². The van der Waals surface area contributed by atoms with Crippen molar-refractivity contribution in [3.05, 3.63) is 23.8 Å². The van der Waals surface area contributed by atoms with Crippen LogP contribution in [0.5, 0.6) is 5.75 Å². The van der Waals surface area contributed by atoms with Crippen molar-refractivity contribution < 1.29 is 14.3 Å². The number of carbonyl (C=O) groups excluding carboxylic acids is 1. The first-order chi connectivity index (χ1) is 9.93. The Morgan fingerprint density at radius 1 is 1.33 bits per heavy atom. The van der Waals surface area contributed by atoms with Crippen molar-refractivity contribution in [1.82, 2.24) is 0 Å². The molecule has 0 unspecified atom stereocenters. The molecule has 4 heteroatoms. The Morgan fingerprint density at radius 3 is 2.62 bits per heavy atom. The van der Waals surface area contributed by atoms with Gasteiger partial charge in [0.2, 0.25) is 0 Å². The van der Waals surface area contributed by atoms with E-state index < -0.39 is 0 Å². The SMILES string of the molecule is CCOC(=O)c1cccc(N)c1OC1CCC(C)(C)CC1. The Bertz CT molecular complexity index is 501. The van der Waals surface area contributed by atoms with Crippen LogP contribution in [0, 0.1) is 5.41 Å². The number of nitrogens with two attached hydrogens (primary N) is 1. The molecular formula is C17H25NO3. The van der Waals surface area contributed by atoms with Crippen molar-refractivity contribution in [2.24, 2.45) is 5.41 Å². The van der Waals surface area contributed by atoms with Crippen LogP contribution >= 0.6 is 0 Å². The summed E-state index contributed by atoms with van der Waals surface area (Å²) >= 11 is 0. The lowest BCUT2D eigenvalue weighted by atomic mass is 9.76. The topological polar surface area (TPSA) is 61.5 Å². The Kier molecular flexibility index (Phi) is 4.76. The van der Waals surface area contributed by atoms with Crippen LogP contribution in [0.2, 0.25) is 0 Å². The fourth-order valence-electron chi connectivity index (χ4n) is 2.71. The maximum absolute atomic E-state index is 12.0. The van der Waals surface area contributed by atoms with E-state index in [1.54, 1.807) is 25.1 Å². The van der Waals surface area contributed by atoms with Gasteiger partial charge in [0.25, 0.3) is 0 Å². The summed E-state index contributed by atoms with van der Waals surface area (Å²) in [6.45, 7) is 6.69. The van der Waals surface area contributed by atoms with Crippen LogP contribution in [-0.4, -0.2) is 18.7 Å². The van der Waals surface area contributed by atoms with Crippen LogP contribution in [0.1, 0.15) is 56.8 Å². The molecule has 1 aliphatic rings. The van der Waals surface area contributed by atoms with Crippen molar-refractivity contribution in [1.29, 1.82) is 0 Å². The van der Waals surface area contributed by atoms with Crippen molar-refractivity contribution in [3.63, 3.8) is 0 Å². The standard InChI is InChI=1S/C17H25NO3/c1-4-20-16(19)13-6-5-7-14(18)15(13)21-12-8-10-17(2,3)11-9-12/h5-7,12H,4,8-11,18H2,1-3H3. The fraction of sp³-hybridized carbons (Fsp3) is 0.588. The quantitative estimate of drug-likeness (QED) is 0.677. The molecule has 0 heterocycles. The van der Waals surface area contributed by atoms with Gasteiger partial charge in [-0.05, 0) is 50.2 Å². The molecule has 1 aromatic rings. The minimum Gasteiger partial charge on any atom is -0.487 e. The van der Waals surface area contributed by atoms with Gasteiger partial charge < -0.3 is 15.2 Å². The van der Waals surface area contributed by atoms with Gasteiger partial charge >= 0.3 is 5.97 Å². The van der Waals surface area contributed by atoms with Crippen LogP contribution in [0.25, 0.3) is 0 Å². The number of nitrogen functional groups attached to an aromatic ring is 1. The van der Waals surface area contributed by atoms with E-state index in [1.807, 2.05) is 0 Å². The second kappa shape index (κ2) is 6.37. The molecule has 4 nitrogen and oxygen atoms in total. The van der Waals surface area contributed by atoms with E-state index in [1.165, 1.54) is 0 Å². The number of benzene rings is 1. The minimum atomic E-state index is -0.379. The molecule has 0 saturated heterocycles. The Labute approximate surface area is 126 Å². The van der Waals surface area contributed by atoms with Gasteiger partial charge in [-0.2, -0.15) is 0 Å². The van der Waals surface area contributed by atoms with Gasteiger partial charge in [0.05, 0.1) is 18.4 Å². The zero-order valence-electron chi connectivity index (χ0n) is 13.1. The van der Waals surface area contributed by atoms with Gasteiger partial charge in [0.1, 0.15) is 5.56 Å². The first kappa shape index (κ1) is 15.7. The monoisotopic (exact) mass is 291 g/mol. The number of hydrogen-bond donors (Lipinski definition) is 1. The summed E-state index contributed by atoms with van der Waals surface area (Å²) in [5.74, 6) is 0.0941. The maximum Gasteiger partial charge on any atom is 0.341 e. The molecular weight excluding hydrogens is 266 g/mol. The molecule has 1 fully saturated rings. The van der Waals surface area contributed by atoms with Gasteiger partial charge in [-0.15, -0.1) is 0 Å². The lowest BCUT2D eigenvalue weighted by Crippen LogP contribution is -2.29.